The van der Waals surface area contributed by atoms with Gasteiger partial charge in [-0.1, -0.05) is 24.3 Å². The van der Waals surface area contributed by atoms with Crippen molar-refractivity contribution in [2.45, 2.75) is 12.5 Å². The van der Waals surface area contributed by atoms with Gasteiger partial charge in [0.15, 0.2) is 0 Å². The Kier molecular flexibility index (Phi) is 4.25. The minimum Gasteiger partial charge on any atom is -0.371 e. The van der Waals surface area contributed by atoms with E-state index >= 15 is 0 Å². The van der Waals surface area contributed by atoms with Gasteiger partial charge in [-0.25, -0.2) is 0 Å². The van der Waals surface area contributed by atoms with Gasteiger partial charge >= 0.3 is 0 Å². The summed E-state index contributed by atoms with van der Waals surface area (Å²) in [5, 5.41) is 10.6. The molecular formula is C17H16N2O3. The van der Waals surface area contributed by atoms with Crippen molar-refractivity contribution in [3.63, 3.8) is 0 Å². The Morgan fingerprint density at radius 3 is 2.77 bits per heavy atom. The molecule has 1 heterocycles. The van der Waals surface area contributed by atoms with Gasteiger partial charge in [0.2, 0.25) is 0 Å². The summed E-state index contributed by atoms with van der Waals surface area (Å²) in [6, 6.07) is 14.6. The second-order valence-corrected chi connectivity index (χ2v) is 5.15. The molecule has 5 heteroatoms. The predicted molar refractivity (Wildman–Crippen MR) is 84.4 cm³/mol. The van der Waals surface area contributed by atoms with Gasteiger partial charge in [0, 0.05) is 18.3 Å². The maximum atomic E-state index is 10.6. The summed E-state index contributed by atoms with van der Waals surface area (Å²) in [4.78, 5) is 14.6. The molecule has 0 amide bonds. The highest BCUT2D eigenvalue weighted by molar-refractivity contribution is 5.79. The van der Waals surface area contributed by atoms with Crippen LogP contribution in [0.1, 0.15) is 22.8 Å². The van der Waals surface area contributed by atoms with E-state index < -0.39 is 4.92 Å². The number of benzene rings is 2. The minimum absolute atomic E-state index is 0.0146. The largest absolute Gasteiger partial charge is 0.371 e. The summed E-state index contributed by atoms with van der Waals surface area (Å²) >= 11 is 0. The molecule has 0 unspecified atom stereocenters. The van der Waals surface area contributed by atoms with E-state index in [9.17, 15) is 10.1 Å². The summed E-state index contributed by atoms with van der Waals surface area (Å²) in [6.07, 6.45) is 2.66. The van der Waals surface area contributed by atoms with Crippen molar-refractivity contribution in [3.8, 4) is 0 Å². The Morgan fingerprint density at radius 1 is 1.23 bits per heavy atom. The quantitative estimate of drug-likeness (QED) is 0.494. The number of hydrogen-bond donors (Lipinski definition) is 0. The van der Waals surface area contributed by atoms with Crippen molar-refractivity contribution in [2.24, 2.45) is 4.99 Å². The number of nitro benzene ring substituents is 1. The third kappa shape index (κ3) is 3.20. The molecule has 0 aromatic heterocycles. The second kappa shape index (κ2) is 6.49. The van der Waals surface area contributed by atoms with Gasteiger partial charge < -0.3 is 4.74 Å². The van der Waals surface area contributed by atoms with Crippen LogP contribution in [0.5, 0.6) is 0 Å². The van der Waals surface area contributed by atoms with Crippen LogP contribution in [0.3, 0.4) is 0 Å². The van der Waals surface area contributed by atoms with E-state index in [4.69, 9.17) is 4.74 Å². The van der Waals surface area contributed by atoms with Crippen LogP contribution in [0.4, 0.5) is 5.69 Å². The molecule has 0 bridgehead atoms. The highest BCUT2D eigenvalue weighted by Crippen LogP contribution is 2.26. The van der Waals surface area contributed by atoms with E-state index in [0.717, 1.165) is 12.0 Å². The Hall–Kier alpha value is -2.53. The van der Waals surface area contributed by atoms with Crippen LogP contribution in [-0.2, 0) is 11.2 Å². The third-order valence-corrected chi connectivity index (χ3v) is 3.71. The molecule has 0 N–H and O–H groups in total. The Balaban J connectivity index is 1.66. The van der Waals surface area contributed by atoms with Crippen molar-refractivity contribution in [1.82, 2.24) is 0 Å². The molecule has 2 aromatic carbocycles. The summed E-state index contributed by atoms with van der Waals surface area (Å²) in [6.45, 7) is 1.27. The van der Waals surface area contributed by atoms with E-state index in [2.05, 4.69) is 17.1 Å². The number of aliphatic imine (C=N–C) groups is 1. The van der Waals surface area contributed by atoms with Crippen LogP contribution in [0.2, 0.25) is 0 Å². The van der Waals surface area contributed by atoms with Crippen LogP contribution in [0, 0.1) is 10.1 Å². The first-order valence-electron chi connectivity index (χ1n) is 7.18. The topological polar surface area (TPSA) is 64.7 Å². The molecule has 1 atom stereocenters. The highest BCUT2D eigenvalue weighted by atomic mass is 16.6. The van der Waals surface area contributed by atoms with Gasteiger partial charge in [-0.15, -0.1) is 0 Å². The van der Waals surface area contributed by atoms with Crippen LogP contribution in [0.25, 0.3) is 0 Å². The molecule has 0 saturated carbocycles. The fraction of sp³-hybridized carbons (Fsp3) is 0.235. The molecule has 0 saturated heterocycles. The van der Waals surface area contributed by atoms with E-state index in [1.807, 2.05) is 12.1 Å². The smallest absolute Gasteiger partial charge is 0.269 e. The molecule has 2 aromatic rings. The molecule has 5 nitrogen and oxygen atoms in total. The fourth-order valence-electron chi connectivity index (χ4n) is 2.56. The van der Waals surface area contributed by atoms with Crippen molar-refractivity contribution in [1.29, 1.82) is 0 Å². The average molecular weight is 296 g/mol. The number of non-ortho nitro benzene ring substituents is 1. The summed E-state index contributed by atoms with van der Waals surface area (Å²) in [5.41, 5.74) is 3.45. The number of nitrogens with zero attached hydrogens (tertiary/aromatic N) is 2. The molecule has 112 valence electrons. The van der Waals surface area contributed by atoms with Crippen LogP contribution >= 0.6 is 0 Å². The number of rotatable bonds is 4. The molecule has 0 fully saturated rings. The first kappa shape index (κ1) is 14.4. The lowest BCUT2D eigenvalue weighted by molar-refractivity contribution is -0.384. The molecular weight excluding hydrogens is 280 g/mol. The van der Waals surface area contributed by atoms with Crippen molar-refractivity contribution in [3.05, 3.63) is 75.3 Å². The van der Waals surface area contributed by atoms with Gasteiger partial charge in [0.25, 0.3) is 5.69 Å². The molecule has 1 aliphatic rings. The van der Waals surface area contributed by atoms with E-state index in [-0.39, 0.29) is 11.8 Å². The third-order valence-electron chi connectivity index (χ3n) is 3.71. The first-order chi connectivity index (χ1) is 10.7. The summed E-state index contributed by atoms with van der Waals surface area (Å²) < 4.78 is 5.79. The monoisotopic (exact) mass is 296 g/mol. The molecule has 3 rings (SSSR count). The number of fused-ring (bicyclic) bond motifs is 1. The lowest BCUT2D eigenvalue weighted by Crippen LogP contribution is -2.18. The standard InChI is InChI=1S/C17H16N2O3/c20-19(21)15-7-5-13(6-8-15)11-18-12-17-16-4-2-1-3-14(16)9-10-22-17/h1-8,11,17H,9-10,12H2/t17-/m0/s1. The number of nitro groups is 1. The number of ether oxygens (including phenoxy) is 1. The minimum atomic E-state index is -0.409. The second-order valence-electron chi connectivity index (χ2n) is 5.15. The first-order valence-corrected chi connectivity index (χ1v) is 7.18. The zero-order valence-corrected chi connectivity index (χ0v) is 12.0. The maximum absolute atomic E-state index is 10.6. The van der Waals surface area contributed by atoms with Crippen molar-refractivity contribution >= 4 is 11.9 Å². The zero-order valence-electron chi connectivity index (χ0n) is 12.0. The van der Waals surface area contributed by atoms with Gasteiger partial charge in [0.1, 0.15) is 6.10 Å². The SMILES string of the molecule is O=[N+]([O-])c1ccc(C=NC[C@@H]2OCCc3ccccc32)cc1. The molecule has 22 heavy (non-hydrogen) atoms. The molecule has 0 radical (unpaired) electrons. The van der Waals surface area contributed by atoms with Gasteiger partial charge in [-0.2, -0.15) is 0 Å². The average Bonchev–Trinajstić information content (AvgIpc) is 2.55. The van der Waals surface area contributed by atoms with Crippen molar-refractivity contribution in [2.75, 3.05) is 13.2 Å². The van der Waals surface area contributed by atoms with Gasteiger partial charge in [-0.3, -0.25) is 15.1 Å². The van der Waals surface area contributed by atoms with Crippen LogP contribution in [0.15, 0.2) is 53.5 Å². The number of hydrogen-bond acceptors (Lipinski definition) is 4. The Bertz CT molecular complexity index is 695. The van der Waals surface area contributed by atoms with E-state index in [1.165, 1.54) is 23.3 Å². The van der Waals surface area contributed by atoms with Crippen LogP contribution in [-0.4, -0.2) is 24.3 Å². The lowest BCUT2D eigenvalue weighted by Gasteiger charge is -2.24. The zero-order chi connectivity index (χ0) is 15.4. The summed E-state index contributed by atoms with van der Waals surface area (Å²) in [7, 11) is 0. The predicted octanol–water partition coefficient (Wildman–Crippen LogP) is 3.33. The normalized spacial score (nSPS) is 17.4. The summed E-state index contributed by atoms with van der Waals surface area (Å²) in [5.74, 6) is 0. The van der Waals surface area contributed by atoms with Crippen molar-refractivity contribution < 1.29 is 9.66 Å². The van der Waals surface area contributed by atoms with E-state index in [0.29, 0.717) is 13.2 Å². The Labute approximate surface area is 128 Å². The van der Waals surface area contributed by atoms with E-state index in [1.54, 1.807) is 18.3 Å². The van der Waals surface area contributed by atoms with Gasteiger partial charge in [0.05, 0.1) is 18.1 Å². The lowest BCUT2D eigenvalue weighted by atomic mass is 9.98. The fourth-order valence-corrected chi connectivity index (χ4v) is 2.56. The molecule has 0 aliphatic carbocycles. The van der Waals surface area contributed by atoms with Crippen LogP contribution < -0.4 is 0 Å². The Morgan fingerprint density at radius 2 is 2.00 bits per heavy atom. The maximum Gasteiger partial charge on any atom is 0.269 e. The highest BCUT2D eigenvalue weighted by Gasteiger charge is 2.19. The molecule has 1 aliphatic heterocycles. The molecule has 0 spiro atoms. The van der Waals surface area contributed by atoms with Gasteiger partial charge in [-0.05, 0) is 35.2 Å².